The van der Waals surface area contributed by atoms with Crippen LogP contribution < -0.4 is 52.3 Å². The van der Waals surface area contributed by atoms with E-state index in [4.69, 9.17) is 15.3 Å². The highest BCUT2D eigenvalue weighted by Crippen LogP contribution is 1.19. The summed E-state index contributed by atoms with van der Waals surface area (Å²) in [7, 11) is 0. The zero-order valence-electron chi connectivity index (χ0n) is 10.7. The molecule has 0 aromatic rings. The average Bonchev–Trinajstić information content (AvgIpc) is 1.70. The number of hydrogen-bond acceptors (Lipinski definition) is 3. The van der Waals surface area contributed by atoms with Gasteiger partial charge < -0.3 is 52.3 Å². The summed E-state index contributed by atoms with van der Waals surface area (Å²) in [6.07, 6.45) is 0. The third-order valence-corrected chi connectivity index (χ3v) is 0. The van der Waals surface area contributed by atoms with Gasteiger partial charge in [-0.3, -0.25) is 0 Å². The van der Waals surface area contributed by atoms with Crippen LogP contribution in [0.2, 0.25) is 0 Å². The van der Waals surface area contributed by atoms with E-state index >= 15 is 0 Å². The van der Waals surface area contributed by atoms with Crippen LogP contribution in [-0.2, 0) is 0 Å². The fourth-order valence-electron chi connectivity index (χ4n) is 0. The van der Waals surface area contributed by atoms with Gasteiger partial charge in [-0.2, -0.15) is 0 Å². The Morgan fingerprint density at radius 1 is 0.571 bits per heavy atom. The van der Waals surface area contributed by atoms with Crippen LogP contribution in [0, 0.1) is 0 Å². The van der Waals surface area contributed by atoms with E-state index < -0.39 is 0 Å². The van der Waals surface area contributed by atoms with Gasteiger partial charge in [0, 0.05) is 0 Å². The second-order valence-corrected chi connectivity index (χ2v) is 0.866. The summed E-state index contributed by atoms with van der Waals surface area (Å²) in [6.45, 7) is 4.71. The van der Waals surface area contributed by atoms with Gasteiger partial charge in [-0.25, -0.2) is 0 Å². The van der Waals surface area contributed by atoms with Gasteiger partial charge in [0.15, 0.2) is 0 Å². The lowest BCUT2D eigenvalue weighted by atomic mass is 10.9. The molecule has 0 rings (SSSR count). The summed E-state index contributed by atoms with van der Waals surface area (Å²) in [5, 5.41) is 26.8. The number of hydrogen-bond donors (Lipinski definition) is 4. The molecule has 0 aromatic carbocycles. The van der Waals surface area contributed by atoms with Crippen molar-refractivity contribution in [2.75, 3.05) is 19.8 Å². The molecule has 0 unspecified atom stereocenters. The van der Waals surface area contributed by atoms with Gasteiger partial charge in [-0.05, 0) is 0 Å². The van der Waals surface area contributed by atoms with E-state index in [1.165, 1.54) is 0 Å². The van der Waals surface area contributed by atoms with E-state index in [1.807, 2.05) is 0 Å². The Balaban J connectivity index is -0.00000000545. The molecular weight excluding hydrogens is 212 g/mol. The summed E-state index contributed by atoms with van der Waals surface area (Å²) < 4.78 is 0. The first-order valence-corrected chi connectivity index (χ1v) is 2.99. The average molecular weight is 243 g/mol. The van der Waals surface area contributed by atoms with E-state index in [2.05, 4.69) is 0 Å². The van der Waals surface area contributed by atoms with Gasteiger partial charge in [0.25, 0.3) is 0 Å². The summed E-state index contributed by atoms with van der Waals surface area (Å²) >= 11 is 0. The molecule has 0 saturated carbocycles. The Hall–Kier alpha value is 0.01000. The molecule has 0 aliphatic heterocycles. The van der Waals surface area contributed by atoms with E-state index in [0.29, 0.717) is 0 Å². The van der Waals surface area contributed by atoms with Crippen molar-refractivity contribution in [2.45, 2.75) is 20.8 Å². The molecule has 0 saturated heterocycles. The summed E-state index contributed by atoms with van der Waals surface area (Å²) in [5.74, 6) is 0. The Morgan fingerprint density at radius 2 is 0.571 bits per heavy atom. The van der Waals surface area contributed by atoms with Gasteiger partial charge in [0.05, 0.1) is 0 Å². The molecule has 0 atom stereocenters. The van der Waals surface area contributed by atoms with Crippen molar-refractivity contribution in [3.63, 3.8) is 0 Å². The zero-order valence-corrected chi connectivity index (χ0v) is 11.5. The van der Waals surface area contributed by atoms with E-state index in [0.717, 1.165) is 0 Å². The van der Waals surface area contributed by atoms with Crippen LogP contribution in [0.3, 0.4) is 0 Å². The van der Waals surface area contributed by atoms with E-state index in [1.54, 1.807) is 20.8 Å². The number of halogens is 1. The van der Waals surface area contributed by atoms with Gasteiger partial charge in [-0.1, -0.05) is 20.8 Å². The largest absolute Gasteiger partial charge is 1.00 e. The maximum atomic E-state index is 8.93. The standard InChI is InChI=1S/3C2H5O.ClH.4H3N/c3*1-2-3;;;;;/h3*2H2,1H3;1H;4*1H3/q3*-1;;;;;/p+3. The molecule has 0 aromatic heterocycles. The second kappa shape index (κ2) is 207. The van der Waals surface area contributed by atoms with Crippen LogP contribution in [-0.4, -0.2) is 19.8 Å². The predicted octanol–water partition coefficient (Wildman–Crippen LogP) is -3.39. The number of quaternary nitrogens is 4. The molecule has 0 fully saturated rings. The van der Waals surface area contributed by atoms with Crippen LogP contribution in [0.5, 0.6) is 0 Å². The second-order valence-electron chi connectivity index (χ2n) is 0.866. The summed E-state index contributed by atoms with van der Waals surface area (Å²) in [6, 6.07) is 0. The van der Waals surface area contributed by atoms with Crippen LogP contribution in [0.4, 0.5) is 0 Å². The van der Waals surface area contributed by atoms with Crippen LogP contribution in [0.25, 0.3) is 0 Å². The Morgan fingerprint density at radius 3 is 0.571 bits per heavy atom. The normalized spacial score (nSPS) is 3.86. The maximum Gasteiger partial charge on any atom is -0.0809 e. The first-order chi connectivity index (χ1) is 4.24. The molecule has 0 aliphatic carbocycles. The molecule has 0 radical (unpaired) electrons. The maximum absolute atomic E-state index is 8.93. The van der Waals surface area contributed by atoms with Gasteiger partial charge in [0.2, 0.25) is 0 Å². The lowest BCUT2D eigenvalue weighted by molar-refractivity contribution is -0.362. The molecule has 0 heterocycles. The van der Waals surface area contributed by atoms with Gasteiger partial charge in [-0.15, -0.1) is 19.8 Å². The molecule has 0 spiro atoms. The highest BCUT2D eigenvalue weighted by atomic mass is 35.5. The van der Waals surface area contributed by atoms with Crippen LogP contribution in [0.15, 0.2) is 0 Å². The molecule has 0 aliphatic rings. The fraction of sp³-hybridized carbons (Fsp3) is 1.00. The zero-order chi connectivity index (χ0) is 8.12. The topological polar surface area (TPSA) is 215 Å². The number of rotatable bonds is 0. The van der Waals surface area contributed by atoms with Crippen molar-refractivity contribution in [3.05, 3.63) is 0 Å². The first kappa shape index (κ1) is 65.7. The highest BCUT2D eigenvalue weighted by Gasteiger charge is 1.17. The van der Waals surface area contributed by atoms with Crippen molar-refractivity contribution >= 4 is 0 Å². The molecule has 0 bridgehead atoms. The Labute approximate surface area is 93.7 Å². The van der Waals surface area contributed by atoms with Crippen molar-refractivity contribution < 1.29 is 27.7 Å². The minimum Gasteiger partial charge on any atom is -1.00 e. The van der Waals surface area contributed by atoms with Crippen molar-refractivity contribution in [3.8, 4) is 0 Å². The minimum atomic E-state index is 0. The quantitative estimate of drug-likeness (QED) is 0.342. The Kier molecular flexibility index (Phi) is 971. The smallest absolute Gasteiger partial charge is 0.0809 e. The third-order valence-electron chi connectivity index (χ3n) is 0. The van der Waals surface area contributed by atoms with Crippen molar-refractivity contribution in [1.29, 1.82) is 0 Å². The molecule has 8 heteroatoms. The molecule has 14 heavy (non-hydrogen) atoms. The predicted molar refractivity (Wildman–Crippen MR) is 55.6 cm³/mol. The van der Waals surface area contributed by atoms with Crippen molar-refractivity contribution in [2.24, 2.45) is 0 Å². The molecule has 0 amide bonds. The summed E-state index contributed by atoms with van der Waals surface area (Å²) in [4.78, 5) is 0. The van der Waals surface area contributed by atoms with Gasteiger partial charge in [0.1, 0.15) is 0 Å². The highest BCUT2D eigenvalue weighted by molar-refractivity contribution is 3.80. The molecule has 100 valence electrons. The molecule has 7 nitrogen and oxygen atoms in total. The Bertz CT molecular complexity index is 29.8. The molecule has 16 N–H and O–H groups in total. The summed E-state index contributed by atoms with van der Waals surface area (Å²) in [5.41, 5.74) is 0. The molecular formula is C6H31ClN4O3. The van der Waals surface area contributed by atoms with Gasteiger partial charge >= 0.3 is 0 Å². The minimum absolute atomic E-state index is 0. The van der Waals surface area contributed by atoms with E-state index in [9.17, 15) is 0 Å². The van der Waals surface area contributed by atoms with Crippen LogP contribution in [0.1, 0.15) is 20.8 Å². The third kappa shape index (κ3) is 14600000. The monoisotopic (exact) mass is 242 g/mol. The lowest BCUT2D eigenvalue weighted by Crippen LogP contribution is -3.00. The van der Waals surface area contributed by atoms with Crippen molar-refractivity contribution in [1.82, 2.24) is 24.6 Å². The lowest BCUT2D eigenvalue weighted by Gasteiger charge is -1.79. The van der Waals surface area contributed by atoms with E-state index in [-0.39, 0.29) is 56.8 Å². The first-order valence-electron chi connectivity index (χ1n) is 2.99. The SMILES string of the molecule is CC[O-].CC[O-].CC[O-].[Cl-].[NH4+].[NH4+].[NH4+].[NH4+]. The fourth-order valence-corrected chi connectivity index (χ4v) is 0. The van der Waals surface area contributed by atoms with Crippen LogP contribution >= 0.6 is 0 Å².